The minimum atomic E-state index is -0.704. The molecule has 0 atom stereocenters. The summed E-state index contributed by atoms with van der Waals surface area (Å²) in [6.07, 6.45) is 0. The second-order valence-electron chi connectivity index (χ2n) is 6.36. The van der Waals surface area contributed by atoms with E-state index in [-0.39, 0.29) is 0 Å². The van der Waals surface area contributed by atoms with Crippen molar-refractivity contribution >= 4 is 45.9 Å². The zero-order valence-electron chi connectivity index (χ0n) is 14.7. The third-order valence-electron chi connectivity index (χ3n) is 4.62. The first kappa shape index (κ1) is 16.1. The Morgan fingerprint density at radius 2 is 0.963 bits per heavy atom. The molecule has 0 aliphatic rings. The number of para-hydroxylation sites is 3. The first-order chi connectivity index (χ1) is 13.4. The van der Waals surface area contributed by atoms with Crippen LogP contribution < -0.4 is 15.9 Å². The SMILES string of the molecule is c1ccc(P(c2ccccc2)c2cccc3nc4ccccc4nc23)cc1. The lowest BCUT2D eigenvalue weighted by Gasteiger charge is -2.20. The van der Waals surface area contributed by atoms with E-state index in [1.165, 1.54) is 15.9 Å². The number of benzene rings is 4. The molecule has 4 aromatic carbocycles. The van der Waals surface area contributed by atoms with Gasteiger partial charge in [0.25, 0.3) is 0 Å². The second-order valence-corrected chi connectivity index (χ2v) is 8.55. The van der Waals surface area contributed by atoms with Gasteiger partial charge >= 0.3 is 0 Å². The van der Waals surface area contributed by atoms with Gasteiger partial charge in [0.05, 0.1) is 22.1 Å². The lowest BCUT2D eigenvalue weighted by atomic mass is 10.2. The number of fused-ring (bicyclic) bond motifs is 2. The van der Waals surface area contributed by atoms with Crippen molar-refractivity contribution in [3.05, 3.63) is 103 Å². The summed E-state index contributed by atoms with van der Waals surface area (Å²) in [5.41, 5.74) is 3.82. The van der Waals surface area contributed by atoms with Crippen molar-refractivity contribution in [3.8, 4) is 0 Å². The molecule has 0 bridgehead atoms. The molecule has 0 aliphatic carbocycles. The molecule has 0 unspecified atom stereocenters. The molecule has 27 heavy (non-hydrogen) atoms. The molecule has 2 nitrogen and oxygen atoms in total. The van der Waals surface area contributed by atoms with Crippen LogP contribution >= 0.6 is 7.92 Å². The summed E-state index contributed by atoms with van der Waals surface area (Å²) in [4.78, 5) is 9.86. The Morgan fingerprint density at radius 1 is 0.444 bits per heavy atom. The Bertz CT molecular complexity index is 1180. The highest BCUT2D eigenvalue weighted by Crippen LogP contribution is 2.35. The molecule has 0 saturated carbocycles. The number of nitrogens with zero attached hydrogens (tertiary/aromatic N) is 2. The molecule has 0 fully saturated rings. The van der Waals surface area contributed by atoms with Crippen molar-refractivity contribution in [1.29, 1.82) is 0 Å². The molecule has 0 spiro atoms. The van der Waals surface area contributed by atoms with E-state index >= 15 is 0 Å². The molecule has 128 valence electrons. The summed E-state index contributed by atoms with van der Waals surface area (Å²) in [6.45, 7) is 0. The lowest BCUT2D eigenvalue weighted by molar-refractivity contribution is 1.40. The second kappa shape index (κ2) is 6.90. The highest BCUT2D eigenvalue weighted by atomic mass is 31.1. The van der Waals surface area contributed by atoms with Crippen LogP contribution in [-0.4, -0.2) is 9.97 Å². The van der Waals surface area contributed by atoms with Crippen LogP contribution in [0.5, 0.6) is 0 Å². The van der Waals surface area contributed by atoms with Gasteiger partial charge in [-0.3, -0.25) is 0 Å². The Morgan fingerprint density at radius 3 is 1.59 bits per heavy atom. The van der Waals surface area contributed by atoms with Crippen molar-refractivity contribution in [2.75, 3.05) is 0 Å². The van der Waals surface area contributed by atoms with Crippen LogP contribution in [0.15, 0.2) is 103 Å². The molecule has 0 saturated heterocycles. The largest absolute Gasteiger partial charge is 0.244 e. The molecular formula is C24H17N2P. The van der Waals surface area contributed by atoms with Crippen molar-refractivity contribution in [3.63, 3.8) is 0 Å². The third kappa shape index (κ3) is 2.99. The van der Waals surface area contributed by atoms with Gasteiger partial charge in [-0.1, -0.05) is 84.9 Å². The number of hydrogen-bond acceptors (Lipinski definition) is 2. The predicted octanol–water partition coefficient (Wildman–Crippen LogP) is 4.54. The van der Waals surface area contributed by atoms with Crippen LogP contribution in [0.2, 0.25) is 0 Å². The monoisotopic (exact) mass is 364 g/mol. The number of rotatable bonds is 3. The topological polar surface area (TPSA) is 25.8 Å². The summed E-state index contributed by atoms with van der Waals surface area (Å²) in [7, 11) is -0.704. The zero-order chi connectivity index (χ0) is 18.1. The van der Waals surface area contributed by atoms with E-state index in [4.69, 9.17) is 9.97 Å². The molecular weight excluding hydrogens is 347 g/mol. The average molecular weight is 364 g/mol. The van der Waals surface area contributed by atoms with Gasteiger partial charge in [0, 0.05) is 5.30 Å². The maximum Gasteiger partial charge on any atom is 0.0977 e. The standard InChI is InChI=1S/C24H17N2P/c1-3-10-18(11-4-1)27(19-12-5-2-6-13-19)23-17-9-16-22-24(23)26-21-15-8-7-14-20(21)25-22/h1-17H. The molecule has 0 amide bonds. The van der Waals surface area contributed by atoms with Gasteiger partial charge in [0.15, 0.2) is 0 Å². The van der Waals surface area contributed by atoms with Gasteiger partial charge in [0.2, 0.25) is 0 Å². The van der Waals surface area contributed by atoms with Crippen LogP contribution in [0, 0.1) is 0 Å². The van der Waals surface area contributed by atoms with Crippen LogP contribution in [0.4, 0.5) is 0 Å². The van der Waals surface area contributed by atoms with Crippen LogP contribution in [-0.2, 0) is 0 Å². The normalized spacial score (nSPS) is 11.3. The van der Waals surface area contributed by atoms with Gasteiger partial charge in [-0.25, -0.2) is 9.97 Å². The Kier molecular flexibility index (Phi) is 4.12. The molecule has 5 aromatic rings. The van der Waals surface area contributed by atoms with Crippen molar-refractivity contribution in [2.24, 2.45) is 0 Å². The Labute approximate surface area is 159 Å². The van der Waals surface area contributed by atoms with Gasteiger partial charge in [0.1, 0.15) is 0 Å². The first-order valence-electron chi connectivity index (χ1n) is 8.96. The average Bonchev–Trinajstić information content (AvgIpc) is 2.74. The van der Waals surface area contributed by atoms with E-state index in [1.54, 1.807) is 0 Å². The van der Waals surface area contributed by atoms with Gasteiger partial charge in [-0.15, -0.1) is 0 Å². The van der Waals surface area contributed by atoms with E-state index in [0.29, 0.717) is 0 Å². The van der Waals surface area contributed by atoms with E-state index in [1.807, 2.05) is 24.3 Å². The minimum absolute atomic E-state index is 0.704. The Balaban J connectivity index is 1.81. The van der Waals surface area contributed by atoms with Crippen LogP contribution in [0.25, 0.3) is 22.1 Å². The summed E-state index contributed by atoms with van der Waals surface area (Å²) in [6, 6.07) is 35.9. The fourth-order valence-corrected chi connectivity index (χ4v) is 5.80. The van der Waals surface area contributed by atoms with E-state index in [2.05, 4.69) is 78.9 Å². The molecule has 1 aromatic heterocycles. The molecule has 1 heterocycles. The molecule has 3 heteroatoms. The van der Waals surface area contributed by atoms with E-state index in [0.717, 1.165) is 22.1 Å². The van der Waals surface area contributed by atoms with Gasteiger partial charge in [-0.2, -0.15) is 0 Å². The van der Waals surface area contributed by atoms with Crippen LogP contribution in [0.3, 0.4) is 0 Å². The summed E-state index contributed by atoms with van der Waals surface area (Å²) in [5.74, 6) is 0. The van der Waals surface area contributed by atoms with Crippen LogP contribution in [0.1, 0.15) is 0 Å². The fraction of sp³-hybridized carbons (Fsp3) is 0. The van der Waals surface area contributed by atoms with Crippen molar-refractivity contribution in [2.45, 2.75) is 0 Å². The molecule has 0 radical (unpaired) electrons. The number of aromatic nitrogens is 2. The molecule has 0 aliphatic heterocycles. The quantitative estimate of drug-likeness (QED) is 0.347. The zero-order valence-corrected chi connectivity index (χ0v) is 15.6. The number of hydrogen-bond donors (Lipinski definition) is 0. The smallest absolute Gasteiger partial charge is 0.0977 e. The van der Waals surface area contributed by atoms with E-state index in [9.17, 15) is 0 Å². The highest BCUT2D eigenvalue weighted by Gasteiger charge is 2.19. The summed E-state index contributed by atoms with van der Waals surface area (Å²) >= 11 is 0. The maximum absolute atomic E-state index is 5.00. The first-order valence-corrected chi connectivity index (χ1v) is 10.3. The van der Waals surface area contributed by atoms with E-state index < -0.39 is 7.92 Å². The summed E-state index contributed by atoms with van der Waals surface area (Å²) < 4.78 is 0. The minimum Gasteiger partial charge on any atom is -0.244 e. The lowest BCUT2D eigenvalue weighted by Crippen LogP contribution is -2.21. The van der Waals surface area contributed by atoms with Gasteiger partial charge in [-0.05, 0) is 36.7 Å². The molecule has 0 N–H and O–H groups in total. The Hall–Kier alpha value is -3.09. The molecule has 5 rings (SSSR count). The highest BCUT2D eigenvalue weighted by molar-refractivity contribution is 7.80. The van der Waals surface area contributed by atoms with Gasteiger partial charge < -0.3 is 0 Å². The van der Waals surface area contributed by atoms with Crippen molar-refractivity contribution < 1.29 is 0 Å². The fourth-order valence-electron chi connectivity index (χ4n) is 3.39. The van der Waals surface area contributed by atoms with Crippen molar-refractivity contribution in [1.82, 2.24) is 9.97 Å². The maximum atomic E-state index is 5.00. The third-order valence-corrected chi connectivity index (χ3v) is 7.09. The summed E-state index contributed by atoms with van der Waals surface area (Å²) in [5, 5.41) is 3.89. The predicted molar refractivity (Wildman–Crippen MR) is 116 cm³/mol.